The van der Waals surface area contributed by atoms with Gasteiger partial charge in [0.15, 0.2) is 0 Å². The number of aryl methyl sites for hydroxylation is 1. The fourth-order valence-corrected chi connectivity index (χ4v) is 4.05. The molecule has 4 rings (SSSR count). The molecule has 4 aromatic rings. The standard InChI is InChI=1S/C20H20N4O3S/c1-12(19(25)21-11-14-4-6-15(27-3)7-5-14)24-20(26)17-10-18-16(8-9-28-18)23(17)13(2)22-24/h4-10,12H,11H2,1-3H3,(H,21,25)/t12-/m0/s1. The Kier molecular flexibility index (Phi) is 4.64. The van der Waals surface area contributed by atoms with E-state index in [2.05, 4.69) is 10.4 Å². The van der Waals surface area contributed by atoms with Crippen LogP contribution in [0.3, 0.4) is 0 Å². The van der Waals surface area contributed by atoms with Crippen LogP contribution >= 0.6 is 11.3 Å². The number of thiophene rings is 1. The van der Waals surface area contributed by atoms with E-state index < -0.39 is 6.04 Å². The molecule has 0 saturated heterocycles. The SMILES string of the molecule is COc1ccc(CNC(=O)[C@H](C)n2nc(C)n3c(cc4sccc43)c2=O)cc1. The van der Waals surface area contributed by atoms with Crippen LogP contribution in [0.4, 0.5) is 0 Å². The average molecular weight is 396 g/mol. The van der Waals surface area contributed by atoms with Crippen molar-refractivity contribution >= 4 is 33.0 Å². The molecule has 0 aliphatic rings. The van der Waals surface area contributed by atoms with Crippen LogP contribution < -0.4 is 15.6 Å². The van der Waals surface area contributed by atoms with Gasteiger partial charge in [-0.05, 0) is 49.1 Å². The van der Waals surface area contributed by atoms with Gasteiger partial charge in [-0.25, -0.2) is 4.68 Å². The Labute approximate surface area is 165 Å². The molecule has 144 valence electrons. The van der Waals surface area contributed by atoms with Gasteiger partial charge in [-0.3, -0.25) is 14.0 Å². The number of amides is 1. The molecule has 1 atom stereocenters. The lowest BCUT2D eigenvalue weighted by Gasteiger charge is -2.15. The normalized spacial score (nSPS) is 12.4. The zero-order valence-corrected chi connectivity index (χ0v) is 16.6. The maximum atomic E-state index is 12.9. The summed E-state index contributed by atoms with van der Waals surface area (Å²) in [5.74, 6) is 1.16. The van der Waals surface area contributed by atoms with E-state index in [1.807, 2.05) is 53.1 Å². The lowest BCUT2D eigenvalue weighted by molar-refractivity contribution is -0.124. The van der Waals surface area contributed by atoms with E-state index in [1.165, 1.54) is 4.68 Å². The minimum Gasteiger partial charge on any atom is -0.497 e. The summed E-state index contributed by atoms with van der Waals surface area (Å²) in [5, 5.41) is 9.25. The van der Waals surface area contributed by atoms with E-state index in [9.17, 15) is 9.59 Å². The van der Waals surface area contributed by atoms with Crippen molar-refractivity contribution in [2.75, 3.05) is 7.11 Å². The smallest absolute Gasteiger partial charge is 0.291 e. The van der Waals surface area contributed by atoms with Crippen molar-refractivity contribution in [1.29, 1.82) is 0 Å². The average Bonchev–Trinajstić information content (AvgIpc) is 3.30. The fourth-order valence-electron chi connectivity index (χ4n) is 3.25. The number of methoxy groups -OCH3 is 1. The molecular formula is C20H20N4O3S. The van der Waals surface area contributed by atoms with E-state index in [0.717, 1.165) is 21.5 Å². The lowest BCUT2D eigenvalue weighted by Crippen LogP contribution is -2.38. The molecule has 0 aliphatic heterocycles. The Bertz CT molecular complexity index is 1220. The van der Waals surface area contributed by atoms with E-state index in [-0.39, 0.29) is 11.5 Å². The van der Waals surface area contributed by atoms with Crippen LogP contribution in [0.5, 0.6) is 5.75 Å². The first-order valence-corrected chi connectivity index (χ1v) is 9.76. The summed E-state index contributed by atoms with van der Waals surface area (Å²) in [4.78, 5) is 25.6. The quantitative estimate of drug-likeness (QED) is 0.563. The van der Waals surface area contributed by atoms with Gasteiger partial charge in [0.2, 0.25) is 5.91 Å². The molecule has 7 nitrogen and oxygen atoms in total. The second-order valence-corrected chi connectivity index (χ2v) is 7.52. The van der Waals surface area contributed by atoms with Crippen LogP contribution in [0.15, 0.2) is 46.6 Å². The van der Waals surface area contributed by atoms with Crippen molar-refractivity contribution in [2.24, 2.45) is 0 Å². The Morgan fingerprint density at radius 1 is 1.25 bits per heavy atom. The Balaban J connectivity index is 1.58. The summed E-state index contributed by atoms with van der Waals surface area (Å²) in [6, 6.07) is 10.6. The second kappa shape index (κ2) is 7.12. The number of aromatic nitrogens is 3. The highest BCUT2D eigenvalue weighted by Crippen LogP contribution is 2.24. The summed E-state index contributed by atoms with van der Waals surface area (Å²) in [7, 11) is 1.61. The Morgan fingerprint density at radius 2 is 2.00 bits per heavy atom. The van der Waals surface area contributed by atoms with Gasteiger partial charge in [0, 0.05) is 6.54 Å². The van der Waals surface area contributed by atoms with Crippen LogP contribution in [0.25, 0.3) is 15.7 Å². The maximum absolute atomic E-state index is 12.9. The topological polar surface area (TPSA) is 77.6 Å². The number of ether oxygens (including phenoxy) is 1. The van der Waals surface area contributed by atoms with Crippen LogP contribution in [0.1, 0.15) is 24.4 Å². The van der Waals surface area contributed by atoms with Crippen molar-refractivity contribution in [1.82, 2.24) is 19.5 Å². The number of carbonyl (C=O) groups is 1. The second-order valence-electron chi connectivity index (χ2n) is 6.57. The largest absolute Gasteiger partial charge is 0.497 e. The molecule has 0 fully saturated rings. The Morgan fingerprint density at radius 3 is 2.71 bits per heavy atom. The molecule has 0 unspecified atom stereocenters. The number of nitrogens with zero attached hydrogens (tertiary/aromatic N) is 3. The molecule has 0 bridgehead atoms. The molecule has 0 saturated carbocycles. The zero-order chi connectivity index (χ0) is 19.8. The number of hydrogen-bond acceptors (Lipinski definition) is 5. The lowest BCUT2D eigenvalue weighted by atomic mass is 10.2. The number of fused-ring (bicyclic) bond motifs is 3. The predicted octanol–water partition coefficient (Wildman–Crippen LogP) is 2.91. The summed E-state index contributed by atoms with van der Waals surface area (Å²) in [6.45, 7) is 3.88. The number of benzene rings is 1. The van der Waals surface area contributed by atoms with E-state index >= 15 is 0 Å². The maximum Gasteiger partial charge on any atom is 0.291 e. The van der Waals surface area contributed by atoms with Gasteiger partial charge < -0.3 is 10.1 Å². The van der Waals surface area contributed by atoms with E-state index in [0.29, 0.717) is 17.9 Å². The minimum atomic E-state index is -0.720. The number of carbonyl (C=O) groups excluding carboxylic acids is 1. The van der Waals surface area contributed by atoms with Crippen molar-refractivity contribution in [2.45, 2.75) is 26.4 Å². The molecular weight excluding hydrogens is 376 g/mol. The minimum absolute atomic E-state index is 0.262. The van der Waals surface area contributed by atoms with Gasteiger partial charge in [-0.15, -0.1) is 11.3 Å². The number of rotatable bonds is 5. The zero-order valence-electron chi connectivity index (χ0n) is 15.8. The molecule has 0 spiro atoms. The molecule has 1 N–H and O–H groups in total. The number of hydrogen-bond donors (Lipinski definition) is 1. The van der Waals surface area contributed by atoms with Gasteiger partial charge in [0.25, 0.3) is 5.56 Å². The monoisotopic (exact) mass is 396 g/mol. The van der Waals surface area contributed by atoms with Crippen LogP contribution in [-0.4, -0.2) is 27.2 Å². The first kappa shape index (κ1) is 18.2. The van der Waals surface area contributed by atoms with E-state index in [4.69, 9.17) is 4.74 Å². The summed E-state index contributed by atoms with van der Waals surface area (Å²) in [5.41, 5.74) is 2.16. The first-order valence-electron chi connectivity index (χ1n) is 8.88. The van der Waals surface area contributed by atoms with Crippen molar-refractivity contribution in [3.8, 4) is 5.75 Å². The summed E-state index contributed by atoms with van der Waals surface area (Å²) in [6.07, 6.45) is 0. The van der Waals surface area contributed by atoms with Gasteiger partial charge >= 0.3 is 0 Å². The molecule has 1 amide bonds. The molecule has 28 heavy (non-hydrogen) atoms. The van der Waals surface area contributed by atoms with Gasteiger partial charge in [0.05, 0.1) is 17.3 Å². The van der Waals surface area contributed by atoms with Gasteiger partial charge in [0.1, 0.15) is 23.1 Å². The third kappa shape index (κ3) is 3.05. The third-order valence-corrected chi connectivity index (χ3v) is 5.65. The van der Waals surface area contributed by atoms with Gasteiger partial charge in [-0.1, -0.05) is 12.1 Å². The molecule has 0 aliphatic carbocycles. The summed E-state index contributed by atoms with van der Waals surface area (Å²) >= 11 is 1.57. The fraction of sp³-hybridized carbons (Fsp3) is 0.250. The Hall–Kier alpha value is -3.13. The van der Waals surface area contributed by atoms with Crippen LogP contribution in [0.2, 0.25) is 0 Å². The van der Waals surface area contributed by atoms with E-state index in [1.54, 1.807) is 25.4 Å². The van der Waals surface area contributed by atoms with Crippen LogP contribution in [0, 0.1) is 6.92 Å². The van der Waals surface area contributed by atoms with Crippen molar-refractivity contribution < 1.29 is 9.53 Å². The van der Waals surface area contributed by atoms with Crippen LogP contribution in [-0.2, 0) is 11.3 Å². The molecule has 1 aromatic carbocycles. The van der Waals surface area contributed by atoms with Gasteiger partial charge in [-0.2, -0.15) is 5.10 Å². The predicted molar refractivity (Wildman–Crippen MR) is 109 cm³/mol. The van der Waals surface area contributed by atoms with Crippen molar-refractivity contribution in [3.05, 3.63) is 63.5 Å². The molecule has 3 heterocycles. The third-order valence-electron chi connectivity index (χ3n) is 4.80. The highest BCUT2D eigenvalue weighted by molar-refractivity contribution is 7.17. The molecule has 8 heteroatoms. The molecule has 3 aromatic heterocycles. The highest BCUT2D eigenvalue weighted by Gasteiger charge is 2.21. The molecule has 0 radical (unpaired) electrons. The number of nitrogens with one attached hydrogen (secondary N) is 1. The van der Waals surface area contributed by atoms with Crippen molar-refractivity contribution in [3.63, 3.8) is 0 Å². The first-order chi connectivity index (χ1) is 13.5. The highest BCUT2D eigenvalue weighted by atomic mass is 32.1. The summed E-state index contributed by atoms with van der Waals surface area (Å²) < 4.78 is 9.26.